The largest absolute Gasteiger partial charge is 0.472 e. The van der Waals surface area contributed by atoms with E-state index in [1.807, 2.05) is 0 Å². The van der Waals surface area contributed by atoms with Gasteiger partial charge in [-0.15, -0.1) is 0 Å². The first kappa shape index (κ1) is 50.3. The highest BCUT2D eigenvalue weighted by molar-refractivity contribution is 7.47. The topological polar surface area (TPSA) is 303 Å². The average Bonchev–Trinajstić information content (AvgIpc) is 3.07. The van der Waals surface area contributed by atoms with Gasteiger partial charge in [-0.05, 0) is 44.9 Å². The summed E-state index contributed by atoms with van der Waals surface area (Å²) in [5, 5.41) is 5.14. The number of carbonyl (C=O) groups excluding carboxylic acids is 4. The summed E-state index contributed by atoms with van der Waals surface area (Å²) in [4.78, 5) is 88.3. The van der Waals surface area contributed by atoms with Gasteiger partial charge >= 0.3 is 23.5 Å². The number of hydrogen-bond donors (Lipinski definition) is 7. The van der Waals surface area contributed by atoms with Gasteiger partial charge in [-0.1, -0.05) is 25.7 Å². The van der Waals surface area contributed by atoms with Gasteiger partial charge < -0.3 is 45.7 Å². The van der Waals surface area contributed by atoms with Gasteiger partial charge in [0, 0.05) is 26.2 Å². The van der Waals surface area contributed by atoms with E-state index in [-0.39, 0.29) is 39.4 Å². The van der Waals surface area contributed by atoms with Gasteiger partial charge in [0.1, 0.15) is 0 Å². The number of hydrogen-bond acceptors (Lipinski definition) is 13. The van der Waals surface area contributed by atoms with Crippen LogP contribution in [0.4, 0.5) is 0 Å². The normalized spacial score (nSPS) is 13.9. The summed E-state index contributed by atoms with van der Waals surface area (Å²) in [5.74, 6) is -2.40. The molecule has 0 aromatic carbocycles. The number of nitrogens with one attached hydrogen (secondary N) is 2. The van der Waals surface area contributed by atoms with E-state index in [4.69, 9.17) is 44.8 Å². The zero-order chi connectivity index (χ0) is 39.5. The van der Waals surface area contributed by atoms with E-state index in [2.05, 4.69) is 19.7 Å². The monoisotopic (exact) mass is 805 g/mol. The van der Waals surface area contributed by atoms with Crippen molar-refractivity contribution in [3.63, 3.8) is 0 Å². The van der Waals surface area contributed by atoms with Crippen LogP contribution in [0.3, 0.4) is 0 Å². The lowest BCUT2D eigenvalue weighted by Gasteiger charge is -2.24. The van der Waals surface area contributed by atoms with Crippen molar-refractivity contribution in [1.29, 1.82) is 0 Å². The quantitative estimate of drug-likeness (QED) is 0.0250. The Morgan fingerprint density at radius 1 is 0.558 bits per heavy atom. The van der Waals surface area contributed by atoms with Gasteiger partial charge in [0.15, 0.2) is 0 Å². The molecule has 52 heavy (non-hydrogen) atoms. The van der Waals surface area contributed by atoms with Crippen molar-refractivity contribution in [1.82, 2.24) is 20.4 Å². The van der Waals surface area contributed by atoms with Crippen molar-refractivity contribution in [2.75, 3.05) is 78.8 Å². The van der Waals surface area contributed by atoms with Crippen LogP contribution in [-0.2, 0) is 55.5 Å². The predicted octanol–water partition coefficient (Wildman–Crippen LogP) is -0.494. The zero-order valence-electron chi connectivity index (χ0n) is 29.2. The van der Waals surface area contributed by atoms with Gasteiger partial charge in [0.2, 0.25) is 23.6 Å². The highest BCUT2D eigenvalue weighted by Gasteiger charge is 2.25. The second-order valence-electron chi connectivity index (χ2n) is 10.9. The van der Waals surface area contributed by atoms with E-state index in [0.29, 0.717) is 45.2 Å². The first-order valence-corrected chi connectivity index (χ1v) is 21.1. The van der Waals surface area contributed by atoms with Crippen LogP contribution in [0.25, 0.3) is 0 Å². The van der Waals surface area contributed by atoms with Crippen molar-refractivity contribution < 1.29 is 75.1 Å². The van der Waals surface area contributed by atoms with Gasteiger partial charge in [-0.25, -0.2) is 13.7 Å². The number of amides is 4. The lowest BCUT2D eigenvalue weighted by atomic mass is 10.0. The molecule has 4 amide bonds. The molecule has 0 bridgehead atoms. The maximum absolute atomic E-state index is 12.5. The Morgan fingerprint density at radius 2 is 0.981 bits per heavy atom. The van der Waals surface area contributed by atoms with E-state index in [0.717, 1.165) is 29.1 Å². The number of nitrogens with zero attached hydrogens (tertiary/aromatic N) is 2. The van der Waals surface area contributed by atoms with Crippen molar-refractivity contribution in [2.24, 2.45) is 5.73 Å². The van der Waals surface area contributed by atoms with Gasteiger partial charge in [-0.3, -0.25) is 41.8 Å². The minimum absolute atomic E-state index is 0.0298. The molecule has 0 aromatic heterocycles. The maximum atomic E-state index is 12.5. The van der Waals surface area contributed by atoms with Crippen LogP contribution in [0.1, 0.15) is 51.4 Å². The van der Waals surface area contributed by atoms with E-state index in [9.17, 15) is 42.7 Å². The summed E-state index contributed by atoms with van der Waals surface area (Å²) in [6, 6.07) is 0. The highest BCUT2D eigenvalue weighted by Crippen LogP contribution is 2.45. The van der Waals surface area contributed by atoms with Crippen molar-refractivity contribution in [2.45, 2.75) is 64.0 Å². The van der Waals surface area contributed by atoms with Crippen LogP contribution < -0.4 is 16.4 Å². The zero-order valence-corrected chi connectivity index (χ0v) is 31.9. The molecular formula is C26H52B2N5O16P3. The summed E-state index contributed by atoms with van der Waals surface area (Å²) in [6.45, 7) is -2.44. The number of rotatable bonds is 33. The molecule has 0 fully saturated rings. The van der Waals surface area contributed by atoms with Crippen LogP contribution in [0.15, 0.2) is 0 Å². The lowest BCUT2D eigenvalue weighted by molar-refractivity contribution is -0.135. The number of phosphoric ester groups is 3. The molecule has 0 aliphatic heterocycles. The molecule has 0 heterocycles. The first-order valence-electron chi connectivity index (χ1n) is 16.6. The smallest absolute Gasteiger partial charge is 0.355 e. The average molecular weight is 805 g/mol. The molecule has 298 valence electrons. The Kier molecular flexibility index (Phi) is 27.8. The SMILES string of the molecule is [B]CC(=O)N(CCNC(=O)CN(CCOP(=O)(O)OCCOP(=O)(O)OCCCCCCN)C(=O)C[B])CC(=O)NCCCCCCOP(=O)(O)O. The molecule has 0 aliphatic carbocycles. The summed E-state index contributed by atoms with van der Waals surface area (Å²) in [7, 11) is -2.74. The molecule has 0 aliphatic rings. The molecular weight excluding hydrogens is 753 g/mol. The Hall–Kier alpha value is -1.70. The summed E-state index contributed by atoms with van der Waals surface area (Å²) in [6.07, 6.45) is 4.33. The highest BCUT2D eigenvalue weighted by atomic mass is 31.2. The molecule has 21 nitrogen and oxygen atoms in total. The third kappa shape index (κ3) is 28.8. The van der Waals surface area contributed by atoms with E-state index < -0.39 is 86.1 Å². The number of unbranched alkanes of at least 4 members (excludes halogenated alkanes) is 6. The van der Waals surface area contributed by atoms with Gasteiger partial charge in [0.25, 0.3) is 0 Å². The maximum Gasteiger partial charge on any atom is 0.472 e. The molecule has 4 radical (unpaired) electrons. The third-order valence-corrected chi connectivity index (χ3v) is 9.20. The first-order chi connectivity index (χ1) is 24.4. The van der Waals surface area contributed by atoms with Crippen LogP contribution in [0, 0.1) is 0 Å². The Morgan fingerprint density at radius 3 is 1.48 bits per heavy atom. The van der Waals surface area contributed by atoms with Gasteiger partial charge in [0.05, 0.1) is 61.8 Å². The number of phosphoric acid groups is 3. The number of carbonyl (C=O) groups is 4. The molecule has 8 N–H and O–H groups in total. The molecule has 0 rings (SSSR count). The second kappa shape index (κ2) is 28.7. The minimum atomic E-state index is -4.69. The summed E-state index contributed by atoms with van der Waals surface area (Å²) in [5.41, 5.74) is 5.39. The van der Waals surface area contributed by atoms with Crippen LogP contribution >= 0.6 is 23.5 Å². The minimum Gasteiger partial charge on any atom is -0.355 e. The van der Waals surface area contributed by atoms with Gasteiger partial charge in [-0.2, -0.15) is 0 Å². The fourth-order valence-electron chi connectivity index (χ4n) is 4.05. The van der Waals surface area contributed by atoms with E-state index in [1.165, 1.54) is 0 Å². The molecule has 0 spiro atoms. The Bertz CT molecular complexity index is 1200. The fraction of sp³-hybridized carbons (Fsp3) is 0.846. The van der Waals surface area contributed by atoms with Crippen LogP contribution in [-0.4, -0.2) is 148 Å². The molecule has 0 saturated heterocycles. The lowest BCUT2D eigenvalue weighted by Crippen LogP contribution is -2.46. The molecule has 26 heteroatoms. The fourth-order valence-corrected chi connectivity index (χ4v) is 5.85. The van der Waals surface area contributed by atoms with E-state index in [1.54, 1.807) is 0 Å². The third-order valence-electron chi connectivity index (χ3n) is 6.64. The Balaban J connectivity index is 4.55. The summed E-state index contributed by atoms with van der Waals surface area (Å²) >= 11 is 0. The van der Waals surface area contributed by atoms with Crippen molar-refractivity contribution >= 4 is 62.8 Å². The van der Waals surface area contributed by atoms with Crippen molar-refractivity contribution in [3.05, 3.63) is 0 Å². The van der Waals surface area contributed by atoms with Crippen molar-refractivity contribution in [3.8, 4) is 0 Å². The molecule has 2 unspecified atom stereocenters. The van der Waals surface area contributed by atoms with Crippen LogP contribution in [0.5, 0.6) is 0 Å². The van der Waals surface area contributed by atoms with E-state index >= 15 is 0 Å². The second-order valence-corrected chi connectivity index (χ2v) is 15.1. The predicted molar refractivity (Wildman–Crippen MR) is 188 cm³/mol. The summed E-state index contributed by atoms with van der Waals surface area (Å²) < 4.78 is 58.0. The number of nitrogens with two attached hydrogens (primary N) is 1. The standard InChI is InChI=1S/C26H52B2N5O16P3/c27-19-25(36)32(21-23(34)30-10-6-2-4-7-14-45-50(38,39)40)12-11-31-24(35)22-33(26(37)20-28)13-16-47-52(43,44)49-18-17-48-51(41,42)46-15-8-3-1-5-9-29/h1-22,29H2,(H,30,34)(H,31,35)(H,41,42)(H,43,44)(H2,38,39,40). The molecule has 0 aromatic rings. The Labute approximate surface area is 306 Å². The van der Waals surface area contributed by atoms with Crippen LogP contribution in [0.2, 0.25) is 12.6 Å². The molecule has 0 saturated carbocycles. The molecule has 2 atom stereocenters.